The van der Waals surface area contributed by atoms with Gasteiger partial charge in [-0.1, -0.05) is 18.2 Å². The number of nitrogens with one attached hydrogen (secondary N) is 1. The second-order valence-electron chi connectivity index (χ2n) is 3.27. The predicted octanol–water partition coefficient (Wildman–Crippen LogP) is 1.77. The maximum atomic E-state index is 9.67. The van der Waals surface area contributed by atoms with E-state index in [1.165, 1.54) is 5.56 Å². The van der Waals surface area contributed by atoms with Gasteiger partial charge in [-0.25, -0.2) is 0 Å². The van der Waals surface area contributed by atoms with E-state index < -0.39 is 0 Å². The van der Waals surface area contributed by atoms with Crippen molar-refractivity contribution in [3.63, 3.8) is 0 Å². The molecule has 68 valence electrons. The van der Waals surface area contributed by atoms with E-state index in [2.05, 4.69) is 18.0 Å². The molecular weight excluding hydrogens is 162 g/mol. The van der Waals surface area contributed by atoms with Gasteiger partial charge in [-0.2, -0.15) is 0 Å². The van der Waals surface area contributed by atoms with Crippen LogP contribution in [0.4, 0.5) is 0 Å². The maximum absolute atomic E-state index is 9.67. The summed E-state index contributed by atoms with van der Waals surface area (Å²) in [6.45, 7) is 4.70. The molecule has 1 aromatic rings. The molecule has 2 rings (SSSR count). The molecule has 0 saturated carbocycles. The van der Waals surface area contributed by atoms with Gasteiger partial charge in [0.15, 0.2) is 0 Å². The van der Waals surface area contributed by atoms with Crippen molar-refractivity contribution >= 4 is 0 Å². The molecule has 1 unspecified atom stereocenters. The summed E-state index contributed by atoms with van der Waals surface area (Å²) < 4.78 is 0. The Kier molecular flexibility index (Phi) is 2.07. The Hall–Kier alpha value is -1.28. The summed E-state index contributed by atoms with van der Waals surface area (Å²) in [5.41, 5.74) is 2.22. The van der Waals surface area contributed by atoms with Crippen LogP contribution in [0.5, 0.6) is 5.75 Å². The minimum absolute atomic E-state index is 0.102. The molecule has 0 aromatic heterocycles. The molecule has 0 saturated heterocycles. The summed E-state index contributed by atoms with van der Waals surface area (Å²) in [4.78, 5) is 0. The molecule has 0 amide bonds. The third-order valence-electron chi connectivity index (χ3n) is 2.48. The maximum Gasteiger partial charge on any atom is 0.120 e. The summed E-state index contributed by atoms with van der Waals surface area (Å²) >= 11 is 0. The van der Waals surface area contributed by atoms with Crippen molar-refractivity contribution < 1.29 is 5.11 Å². The van der Waals surface area contributed by atoms with Crippen LogP contribution in [0.15, 0.2) is 30.9 Å². The zero-order chi connectivity index (χ0) is 9.26. The highest BCUT2D eigenvalue weighted by molar-refractivity contribution is 5.44. The van der Waals surface area contributed by atoms with E-state index in [-0.39, 0.29) is 6.04 Å². The number of aromatic hydroxyl groups is 1. The van der Waals surface area contributed by atoms with Gasteiger partial charge in [0.2, 0.25) is 0 Å². The number of phenols is 1. The fraction of sp³-hybridized carbons (Fsp3) is 0.273. The smallest absolute Gasteiger partial charge is 0.120 e. The molecule has 1 aromatic carbocycles. The van der Waals surface area contributed by atoms with E-state index in [9.17, 15) is 5.11 Å². The molecule has 0 bridgehead atoms. The van der Waals surface area contributed by atoms with Crippen LogP contribution < -0.4 is 5.32 Å². The van der Waals surface area contributed by atoms with Gasteiger partial charge in [0, 0.05) is 12.1 Å². The van der Waals surface area contributed by atoms with Crippen LogP contribution in [-0.2, 0) is 6.42 Å². The van der Waals surface area contributed by atoms with Gasteiger partial charge < -0.3 is 10.4 Å². The van der Waals surface area contributed by atoms with Crippen molar-refractivity contribution in [1.29, 1.82) is 0 Å². The van der Waals surface area contributed by atoms with Gasteiger partial charge in [0.25, 0.3) is 0 Å². The summed E-state index contributed by atoms with van der Waals surface area (Å²) in [6, 6.07) is 5.78. The first kappa shape index (κ1) is 8.32. The van der Waals surface area contributed by atoms with Gasteiger partial charge in [0.1, 0.15) is 5.75 Å². The van der Waals surface area contributed by atoms with Crippen LogP contribution in [0.1, 0.15) is 17.2 Å². The topological polar surface area (TPSA) is 32.3 Å². The van der Waals surface area contributed by atoms with E-state index >= 15 is 0 Å². The first-order valence-corrected chi connectivity index (χ1v) is 4.49. The molecule has 2 nitrogen and oxygen atoms in total. The predicted molar refractivity (Wildman–Crippen MR) is 52.8 cm³/mol. The zero-order valence-electron chi connectivity index (χ0n) is 7.46. The molecule has 1 aliphatic rings. The van der Waals surface area contributed by atoms with Crippen molar-refractivity contribution in [2.45, 2.75) is 12.5 Å². The molecule has 13 heavy (non-hydrogen) atoms. The highest BCUT2D eigenvalue weighted by Crippen LogP contribution is 2.31. The van der Waals surface area contributed by atoms with Crippen LogP contribution in [0.2, 0.25) is 0 Å². The highest BCUT2D eigenvalue weighted by Gasteiger charge is 2.19. The fourth-order valence-electron chi connectivity index (χ4n) is 1.84. The molecule has 1 heterocycles. The average molecular weight is 175 g/mol. The molecule has 0 aliphatic carbocycles. The number of phenolic OH excluding ortho intramolecular Hbond substituents is 1. The van der Waals surface area contributed by atoms with Crippen molar-refractivity contribution in [3.8, 4) is 5.75 Å². The Morgan fingerprint density at radius 3 is 3.15 bits per heavy atom. The van der Waals surface area contributed by atoms with Crippen LogP contribution in [0.3, 0.4) is 0 Å². The lowest BCUT2D eigenvalue weighted by Crippen LogP contribution is -2.28. The molecule has 1 atom stereocenters. The van der Waals surface area contributed by atoms with E-state index in [1.807, 2.05) is 12.1 Å². The Labute approximate surface area is 77.9 Å². The molecule has 0 fully saturated rings. The van der Waals surface area contributed by atoms with E-state index in [1.54, 1.807) is 6.07 Å². The van der Waals surface area contributed by atoms with Crippen molar-refractivity contribution in [2.75, 3.05) is 6.54 Å². The van der Waals surface area contributed by atoms with E-state index in [0.717, 1.165) is 18.5 Å². The largest absolute Gasteiger partial charge is 0.508 e. The van der Waals surface area contributed by atoms with Crippen LogP contribution in [0.25, 0.3) is 0 Å². The Morgan fingerprint density at radius 1 is 1.54 bits per heavy atom. The van der Waals surface area contributed by atoms with Gasteiger partial charge >= 0.3 is 0 Å². The Bertz CT molecular complexity index is 333. The average Bonchev–Trinajstić information content (AvgIpc) is 2.17. The third kappa shape index (κ3) is 1.33. The van der Waals surface area contributed by atoms with Gasteiger partial charge in [0.05, 0.1) is 6.04 Å². The quantitative estimate of drug-likeness (QED) is 0.637. The SMILES string of the molecule is C=CC1NCCc2cccc(O)c21. The van der Waals surface area contributed by atoms with Crippen molar-refractivity contribution in [3.05, 3.63) is 42.0 Å². The molecular formula is C11H13NO. The fourth-order valence-corrected chi connectivity index (χ4v) is 1.84. The van der Waals surface area contributed by atoms with Crippen LogP contribution in [-0.4, -0.2) is 11.7 Å². The lowest BCUT2D eigenvalue weighted by Gasteiger charge is -2.24. The van der Waals surface area contributed by atoms with Crippen LogP contribution >= 0.6 is 0 Å². The second-order valence-corrected chi connectivity index (χ2v) is 3.27. The number of rotatable bonds is 1. The minimum Gasteiger partial charge on any atom is -0.508 e. The van der Waals surface area contributed by atoms with Gasteiger partial charge in [-0.05, 0) is 18.1 Å². The zero-order valence-corrected chi connectivity index (χ0v) is 7.46. The summed E-state index contributed by atoms with van der Waals surface area (Å²) in [5.74, 6) is 0.370. The minimum atomic E-state index is 0.102. The summed E-state index contributed by atoms with van der Waals surface area (Å²) in [7, 11) is 0. The first-order valence-electron chi connectivity index (χ1n) is 4.49. The first-order chi connectivity index (χ1) is 6.33. The van der Waals surface area contributed by atoms with E-state index in [4.69, 9.17) is 0 Å². The normalized spacial score (nSPS) is 20.8. The molecule has 0 spiro atoms. The van der Waals surface area contributed by atoms with Crippen molar-refractivity contribution in [2.24, 2.45) is 0 Å². The highest BCUT2D eigenvalue weighted by atomic mass is 16.3. The Balaban J connectivity index is 2.53. The summed E-state index contributed by atoms with van der Waals surface area (Å²) in [5, 5.41) is 13.0. The number of hydrogen-bond donors (Lipinski definition) is 2. The van der Waals surface area contributed by atoms with Gasteiger partial charge in [-0.3, -0.25) is 0 Å². The lowest BCUT2D eigenvalue weighted by molar-refractivity contribution is 0.451. The van der Waals surface area contributed by atoms with Crippen LogP contribution in [0, 0.1) is 0 Å². The Morgan fingerprint density at radius 2 is 2.38 bits per heavy atom. The second kappa shape index (κ2) is 3.23. The standard InChI is InChI=1S/C11H13NO/c1-2-9-11-8(6-7-12-9)4-3-5-10(11)13/h2-5,9,12-13H,1,6-7H2. The molecule has 0 radical (unpaired) electrons. The lowest BCUT2D eigenvalue weighted by atomic mass is 9.93. The monoisotopic (exact) mass is 175 g/mol. The molecule has 1 aliphatic heterocycles. The van der Waals surface area contributed by atoms with Gasteiger partial charge in [-0.15, -0.1) is 6.58 Å². The number of hydrogen-bond acceptors (Lipinski definition) is 2. The third-order valence-corrected chi connectivity index (χ3v) is 2.48. The summed E-state index contributed by atoms with van der Waals surface area (Å²) in [6.07, 6.45) is 2.81. The molecule has 2 N–H and O–H groups in total. The number of fused-ring (bicyclic) bond motifs is 1. The van der Waals surface area contributed by atoms with E-state index in [0.29, 0.717) is 5.75 Å². The number of benzene rings is 1. The molecule has 2 heteroatoms. The van der Waals surface area contributed by atoms with Crippen molar-refractivity contribution in [1.82, 2.24) is 5.32 Å².